The van der Waals surface area contributed by atoms with Gasteiger partial charge in [0.15, 0.2) is 0 Å². The molecule has 1 saturated heterocycles. The molecule has 6 nitrogen and oxygen atoms in total. The van der Waals surface area contributed by atoms with E-state index in [1.54, 1.807) is 6.20 Å². The average molecular weight is 418 g/mol. The Balaban J connectivity index is 1.27. The summed E-state index contributed by atoms with van der Waals surface area (Å²) in [7, 11) is 0. The summed E-state index contributed by atoms with van der Waals surface area (Å²) < 4.78 is 1.85. The van der Waals surface area contributed by atoms with Crippen LogP contribution < -0.4 is 5.32 Å². The van der Waals surface area contributed by atoms with Crippen LogP contribution in [0.3, 0.4) is 0 Å². The van der Waals surface area contributed by atoms with Crippen LogP contribution in [0.25, 0.3) is 5.69 Å². The van der Waals surface area contributed by atoms with Crippen molar-refractivity contribution in [3.63, 3.8) is 0 Å². The minimum atomic E-state index is -0.0680. The third-order valence-corrected chi connectivity index (χ3v) is 6.00. The number of carbonyl (C=O) groups excluding carboxylic acids is 1. The normalized spacial score (nSPS) is 15.2. The second-order valence-corrected chi connectivity index (χ2v) is 8.14. The smallest absolute Gasteiger partial charge is 0.251 e. The van der Waals surface area contributed by atoms with E-state index in [1.807, 2.05) is 41.9 Å². The lowest BCUT2D eigenvalue weighted by atomic mass is 10.1. The van der Waals surface area contributed by atoms with Gasteiger partial charge in [-0.05, 0) is 54.9 Å². The molecule has 0 saturated carbocycles. The highest BCUT2D eigenvalue weighted by Gasteiger charge is 2.15. The van der Waals surface area contributed by atoms with Crippen molar-refractivity contribution in [2.45, 2.75) is 26.9 Å². The molecule has 0 aliphatic carbocycles. The summed E-state index contributed by atoms with van der Waals surface area (Å²) in [5.74, 6) is -0.0680. The number of benzene rings is 2. The second-order valence-electron chi connectivity index (χ2n) is 8.14. The van der Waals surface area contributed by atoms with Gasteiger partial charge in [-0.25, -0.2) is 4.68 Å². The maximum Gasteiger partial charge on any atom is 0.251 e. The molecule has 6 heteroatoms. The lowest BCUT2D eigenvalue weighted by molar-refractivity contribution is 0.0951. The van der Waals surface area contributed by atoms with Crippen LogP contribution in [0.15, 0.2) is 60.8 Å². The third-order valence-electron chi connectivity index (χ3n) is 6.00. The van der Waals surface area contributed by atoms with Crippen molar-refractivity contribution in [3.8, 4) is 5.69 Å². The van der Waals surface area contributed by atoms with Gasteiger partial charge in [0.2, 0.25) is 0 Å². The Labute approximate surface area is 184 Å². The number of piperazine rings is 1. The van der Waals surface area contributed by atoms with E-state index < -0.39 is 0 Å². The highest BCUT2D eigenvalue weighted by Crippen LogP contribution is 2.13. The molecule has 1 fully saturated rings. The van der Waals surface area contributed by atoms with Crippen LogP contribution in [0.4, 0.5) is 0 Å². The summed E-state index contributed by atoms with van der Waals surface area (Å²) in [4.78, 5) is 17.5. The van der Waals surface area contributed by atoms with Gasteiger partial charge in [0.25, 0.3) is 5.91 Å². The number of nitrogens with zero attached hydrogens (tertiary/aromatic N) is 4. The molecule has 0 bridgehead atoms. The summed E-state index contributed by atoms with van der Waals surface area (Å²) in [6.07, 6.45) is 1.77. The zero-order valence-electron chi connectivity index (χ0n) is 18.4. The molecule has 2 aromatic carbocycles. The highest BCUT2D eigenvalue weighted by atomic mass is 16.1. The zero-order valence-corrected chi connectivity index (χ0v) is 18.4. The maximum absolute atomic E-state index is 12.5. The molecule has 0 atom stereocenters. The quantitative estimate of drug-likeness (QED) is 0.641. The van der Waals surface area contributed by atoms with E-state index in [1.165, 1.54) is 5.56 Å². The van der Waals surface area contributed by atoms with Crippen LogP contribution >= 0.6 is 0 Å². The first-order valence-corrected chi connectivity index (χ1v) is 11.0. The first kappa shape index (κ1) is 21.3. The van der Waals surface area contributed by atoms with Crippen LogP contribution in [0.5, 0.6) is 0 Å². The fraction of sp³-hybridized carbons (Fsp3) is 0.360. The number of aromatic nitrogens is 2. The molecule has 1 aliphatic rings. The maximum atomic E-state index is 12.5. The molecule has 3 aromatic rings. The molecule has 0 spiro atoms. The molecule has 1 amide bonds. The molecule has 1 N–H and O–H groups in total. The Hall–Kier alpha value is -2.96. The molecule has 0 unspecified atom stereocenters. The largest absolute Gasteiger partial charge is 0.348 e. The van der Waals surface area contributed by atoms with E-state index >= 15 is 0 Å². The molecular weight excluding hydrogens is 386 g/mol. The third kappa shape index (κ3) is 5.40. The number of rotatable bonds is 7. The minimum Gasteiger partial charge on any atom is -0.348 e. The van der Waals surface area contributed by atoms with Gasteiger partial charge in [-0.3, -0.25) is 9.69 Å². The van der Waals surface area contributed by atoms with Crippen LogP contribution in [-0.2, 0) is 13.1 Å². The summed E-state index contributed by atoms with van der Waals surface area (Å²) in [6.45, 7) is 11.5. The average Bonchev–Trinajstić information content (AvgIpc) is 3.25. The molecule has 1 aliphatic heterocycles. The molecule has 4 rings (SSSR count). The first-order chi connectivity index (χ1) is 15.1. The summed E-state index contributed by atoms with van der Waals surface area (Å²) in [5, 5.41) is 7.31. The van der Waals surface area contributed by atoms with Crippen molar-refractivity contribution < 1.29 is 4.79 Å². The van der Waals surface area contributed by atoms with Crippen molar-refractivity contribution in [1.82, 2.24) is 24.9 Å². The van der Waals surface area contributed by atoms with Crippen molar-refractivity contribution >= 4 is 5.91 Å². The van der Waals surface area contributed by atoms with Gasteiger partial charge in [0, 0.05) is 56.7 Å². The van der Waals surface area contributed by atoms with Gasteiger partial charge < -0.3 is 10.2 Å². The molecule has 1 aromatic heterocycles. The Kier molecular flexibility index (Phi) is 6.79. The second kappa shape index (κ2) is 9.90. The number of hydrogen-bond acceptors (Lipinski definition) is 4. The number of aryl methyl sites for hydroxylation is 1. The Bertz CT molecular complexity index is 986. The Morgan fingerprint density at radius 3 is 2.16 bits per heavy atom. The summed E-state index contributed by atoms with van der Waals surface area (Å²) in [5.41, 5.74) is 5.09. The van der Waals surface area contributed by atoms with Crippen LogP contribution in [0, 0.1) is 6.92 Å². The predicted molar refractivity (Wildman–Crippen MR) is 123 cm³/mol. The number of amides is 1. The number of nitrogens with one attached hydrogen (secondary N) is 1. The molecule has 0 radical (unpaired) electrons. The van der Waals surface area contributed by atoms with Crippen molar-refractivity contribution in [3.05, 3.63) is 83.2 Å². The van der Waals surface area contributed by atoms with Gasteiger partial charge in [-0.15, -0.1) is 0 Å². The Morgan fingerprint density at radius 1 is 0.903 bits per heavy atom. The van der Waals surface area contributed by atoms with E-state index in [-0.39, 0.29) is 5.91 Å². The van der Waals surface area contributed by atoms with E-state index in [4.69, 9.17) is 0 Å². The predicted octanol–water partition coefficient (Wildman–Crippen LogP) is 3.25. The zero-order chi connectivity index (χ0) is 21.6. The van der Waals surface area contributed by atoms with Gasteiger partial charge in [-0.2, -0.15) is 5.10 Å². The van der Waals surface area contributed by atoms with Crippen LogP contribution in [0.1, 0.15) is 34.1 Å². The Morgan fingerprint density at radius 2 is 1.55 bits per heavy atom. The molecule has 31 heavy (non-hydrogen) atoms. The van der Waals surface area contributed by atoms with Crippen LogP contribution in [-0.4, -0.2) is 58.2 Å². The van der Waals surface area contributed by atoms with E-state index in [9.17, 15) is 4.79 Å². The fourth-order valence-electron chi connectivity index (χ4n) is 3.96. The SMILES string of the molecule is CCN1CCN(Cc2ccc(CNC(=O)c3ccc(-n4nccc4C)cc3)cc2)CC1. The number of hydrogen-bond donors (Lipinski definition) is 1. The molecular formula is C25H31N5O. The van der Waals surface area contributed by atoms with Crippen molar-refractivity contribution in [2.75, 3.05) is 32.7 Å². The number of carbonyl (C=O) groups is 1. The summed E-state index contributed by atoms with van der Waals surface area (Å²) >= 11 is 0. The standard InChI is InChI=1S/C25H31N5O/c1-3-28-14-16-29(17-15-28)19-22-6-4-21(5-7-22)18-26-25(31)23-8-10-24(11-9-23)30-20(2)12-13-27-30/h4-13H,3,14-19H2,1-2H3,(H,26,31). The minimum absolute atomic E-state index is 0.0680. The van der Waals surface area contributed by atoms with E-state index in [2.05, 4.69) is 51.4 Å². The van der Waals surface area contributed by atoms with Crippen molar-refractivity contribution in [1.29, 1.82) is 0 Å². The highest BCUT2D eigenvalue weighted by molar-refractivity contribution is 5.94. The lowest BCUT2D eigenvalue weighted by Gasteiger charge is -2.34. The topological polar surface area (TPSA) is 53.4 Å². The van der Waals surface area contributed by atoms with E-state index in [0.717, 1.165) is 56.2 Å². The fourth-order valence-corrected chi connectivity index (χ4v) is 3.96. The van der Waals surface area contributed by atoms with Gasteiger partial charge >= 0.3 is 0 Å². The monoisotopic (exact) mass is 417 g/mol. The van der Waals surface area contributed by atoms with Gasteiger partial charge in [-0.1, -0.05) is 31.2 Å². The van der Waals surface area contributed by atoms with Crippen molar-refractivity contribution in [2.24, 2.45) is 0 Å². The number of likely N-dealkylation sites (N-methyl/N-ethyl adjacent to an activating group) is 1. The molecule has 162 valence electrons. The van der Waals surface area contributed by atoms with Gasteiger partial charge in [0.1, 0.15) is 0 Å². The van der Waals surface area contributed by atoms with E-state index in [0.29, 0.717) is 12.1 Å². The summed E-state index contributed by atoms with van der Waals surface area (Å²) in [6, 6.07) is 18.1. The molecule has 2 heterocycles. The van der Waals surface area contributed by atoms with Gasteiger partial charge in [0.05, 0.1) is 5.69 Å². The first-order valence-electron chi connectivity index (χ1n) is 11.0. The van der Waals surface area contributed by atoms with Crippen LogP contribution in [0.2, 0.25) is 0 Å². The lowest BCUT2D eigenvalue weighted by Crippen LogP contribution is -2.45.